The van der Waals surface area contributed by atoms with Crippen LogP contribution in [-0.2, 0) is 4.79 Å². The van der Waals surface area contributed by atoms with Gasteiger partial charge >= 0.3 is 0 Å². The van der Waals surface area contributed by atoms with Gasteiger partial charge in [0.1, 0.15) is 24.0 Å². The molecule has 4 nitrogen and oxygen atoms in total. The number of likely N-dealkylation sites (tertiary alicyclic amines) is 1. The van der Waals surface area contributed by atoms with Crippen molar-refractivity contribution in [2.75, 3.05) is 19.7 Å². The number of carbonyl (C=O) groups is 1. The summed E-state index contributed by atoms with van der Waals surface area (Å²) < 4.78 is 5.45. The maximum absolute atomic E-state index is 12.2. The van der Waals surface area contributed by atoms with Gasteiger partial charge in [-0.05, 0) is 36.6 Å². The summed E-state index contributed by atoms with van der Waals surface area (Å²) in [6.45, 7) is 5.49. The molecule has 1 fully saturated rings. The van der Waals surface area contributed by atoms with E-state index in [9.17, 15) is 10.1 Å². The first-order valence-corrected chi connectivity index (χ1v) is 6.99. The molecule has 1 heterocycles. The van der Waals surface area contributed by atoms with Crippen molar-refractivity contribution in [3.8, 4) is 11.8 Å². The minimum Gasteiger partial charge on any atom is -0.490 e. The van der Waals surface area contributed by atoms with E-state index in [0.29, 0.717) is 12.4 Å². The van der Waals surface area contributed by atoms with E-state index >= 15 is 0 Å². The Balaban J connectivity index is 2.17. The van der Waals surface area contributed by atoms with Crippen molar-refractivity contribution >= 4 is 12.0 Å². The lowest BCUT2D eigenvalue weighted by Gasteiger charge is -2.14. The molecule has 0 aromatic heterocycles. The summed E-state index contributed by atoms with van der Waals surface area (Å²) in [5.41, 5.74) is 0.943. The molecule has 0 atom stereocenters. The molecular weight excluding hydrogens is 264 g/mol. The average Bonchev–Trinajstić information content (AvgIpc) is 3.04. The third kappa shape index (κ3) is 3.96. The standard InChI is InChI=1S/C17H18N2O2/c1-2-10-21-16-7-5-6-14(12-16)11-15(13-18)17(20)19-8-3-4-9-19/h2,5-7,11-12H,1,3-4,8-10H2/b15-11+. The molecule has 0 radical (unpaired) electrons. The van der Waals surface area contributed by atoms with Gasteiger partial charge in [-0.15, -0.1) is 0 Å². The number of rotatable bonds is 5. The summed E-state index contributed by atoms with van der Waals surface area (Å²) in [5.74, 6) is 0.502. The summed E-state index contributed by atoms with van der Waals surface area (Å²) in [6.07, 6.45) is 5.30. The fourth-order valence-corrected chi connectivity index (χ4v) is 2.25. The summed E-state index contributed by atoms with van der Waals surface area (Å²) in [7, 11) is 0. The normalized spacial score (nSPS) is 14.6. The zero-order chi connectivity index (χ0) is 15.1. The molecule has 1 aliphatic rings. The maximum Gasteiger partial charge on any atom is 0.264 e. The van der Waals surface area contributed by atoms with E-state index in [-0.39, 0.29) is 11.5 Å². The predicted molar refractivity (Wildman–Crippen MR) is 81.5 cm³/mol. The average molecular weight is 282 g/mol. The molecule has 1 saturated heterocycles. The van der Waals surface area contributed by atoms with Crippen molar-refractivity contribution in [1.29, 1.82) is 5.26 Å². The second-order valence-electron chi connectivity index (χ2n) is 4.84. The number of hydrogen-bond donors (Lipinski definition) is 0. The van der Waals surface area contributed by atoms with Crippen LogP contribution in [0.15, 0.2) is 42.5 Å². The number of nitriles is 1. The van der Waals surface area contributed by atoms with E-state index in [1.165, 1.54) is 0 Å². The van der Waals surface area contributed by atoms with Crippen molar-refractivity contribution in [2.45, 2.75) is 12.8 Å². The van der Waals surface area contributed by atoms with E-state index < -0.39 is 0 Å². The van der Waals surface area contributed by atoms with Crippen LogP contribution in [0, 0.1) is 11.3 Å². The molecule has 108 valence electrons. The Morgan fingerprint density at radius 3 is 2.86 bits per heavy atom. The highest BCUT2D eigenvalue weighted by molar-refractivity contribution is 6.01. The number of amides is 1. The minimum absolute atomic E-state index is 0.165. The van der Waals surface area contributed by atoms with Crippen molar-refractivity contribution in [1.82, 2.24) is 4.90 Å². The van der Waals surface area contributed by atoms with Gasteiger partial charge in [0.25, 0.3) is 5.91 Å². The Bertz CT molecular complexity index is 593. The smallest absolute Gasteiger partial charge is 0.264 e. The maximum atomic E-state index is 12.2. The van der Waals surface area contributed by atoms with E-state index in [1.54, 1.807) is 23.1 Å². The molecule has 0 spiro atoms. The van der Waals surface area contributed by atoms with Gasteiger partial charge in [0.15, 0.2) is 0 Å². The molecule has 1 aliphatic heterocycles. The first-order chi connectivity index (χ1) is 10.2. The summed E-state index contributed by atoms with van der Waals surface area (Å²) in [4.78, 5) is 14.0. The summed E-state index contributed by atoms with van der Waals surface area (Å²) in [6, 6.07) is 9.31. The highest BCUT2D eigenvalue weighted by Gasteiger charge is 2.21. The lowest BCUT2D eigenvalue weighted by Crippen LogP contribution is -2.28. The Morgan fingerprint density at radius 1 is 1.43 bits per heavy atom. The van der Waals surface area contributed by atoms with Crippen LogP contribution in [0.3, 0.4) is 0 Å². The van der Waals surface area contributed by atoms with Crippen molar-refractivity contribution in [3.63, 3.8) is 0 Å². The monoisotopic (exact) mass is 282 g/mol. The minimum atomic E-state index is -0.188. The van der Waals surface area contributed by atoms with Crippen molar-refractivity contribution in [3.05, 3.63) is 48.1 Å². The lowest BCUT2D eigenvalue weighted by molar-refractivity contribution is -0.125. The van der Waals surface area contributed by atoms with Crippen LogP contribution >= 0.6 is 0 Å². The first kappa shape index (κ1) is 14.9. The zero-order valence-corrected chi connectivity index (χ0v) is 11.9. The van der Waals surface area contributed by atoms with Gasteiger partial charge in [-0.25, -0.2) is 0 Å². The van der Waals surface area contributed by atoms with E-state index in [4.69, 9.17) is 4.74 Å². The molecule has 0 saturated carbocycles. The van der Waals surface area contributed by atoms with Crippen LogP contribution in [0.4, 0.5) is 0 Å². The van der Waals surface area contributed by atoms with Crippen LogP contribution in [0.25, 0.3) is 6.08 Å². The lowest BCUT2D eigenvalue weighted by atomic mass is 10.1. The molecular formula is C17H18N2O2. The number of ether oxygens (including phenoxy) is 1. The van der Waals surface area contributed by atoms with Crippen LogP contribution in [0.1, 0.15) is 18.4 Å². The topological polar surface area (TPSA) is 53.3 Å². The number of hydrogen-bond acceptors (Lipinski definition) is 3. The fourth-order valence-electron chi connectivity index (χ4n) is 2.25. The van der Waals surface area contributed by atoms with Crippen LogP contribution in [0.5, 0.6) is 5.75 Å². The molecule has 0 unspecified atom stereocenters. The molecule has 0 aliphatic carbocycles. The number of nitrogens with zero attached hydrogens (tertiary/aromatic N) is 2. The quantitative estimate of drug-likeness (QED) is 0.474. The third-order valence-corrected chi connectivity index (χ3v) is 3.28. The van der Waals surface area contributed by atoms with E-state index in [0.717, 1.165) is 31.5 Å². The largest absolute Gasteiger partial charge is 0.490 e. The molecule has 4 heteroatoms. The first-order valence-electron chi connectivity index (χ1n) is 6.99. The Kier molecular flexibility index (Phi) is 5.16. The van der Waals surface area contributed by atoms with Crippen molar-refractivity contribution in [2.24, 2.45) is 0 Å². The summed E-state index contributed by atoms with van der Waals surface area (Å²) >= 11 is 0. The molecule has 0 N–H and O–H groups in total. The van der Waals surface area contributed by atoms with Gasteiger partial charge in [-0.3, -0.25) is 4.79 Å². The van der Waals surface area contributed by atoms with Crippen molar-refractivity contribution < 1.29 is 9.53 Å². The SMILES string of the molecule is C=CCOc1cccc(/C=C(\C#N)C(=O)N2CCCC2)c1. The van der Waals surface area contributed by atoms with Gasteiger partial charge in [0.05, 0.1) is 0 Å². The Labute approximate surface area is 124 Å². The van der Waals surface area contributed by atoms with Gasteiger partial charge in [-0.1, -0.05) is 24.8 Å². The fraction of sp³-hybridized carbons (Fsp3) is 0.294. The van der Waals surface area contributed by atoms with Gasteiger partial charge in [0, 0.05) is 13.1 Å². The van der Waals surface area contributed by atoms with Crippen LogP contribution < -0.4 is 4.74 Å². The van der Waals surface area contributed by atoms with E-state index in [1.807, 2.05) is 24.3 Å². The second-order valence-corrected chi connectivity index (χ2v) is 4.84. The molecule has 2 rings (SSSR count). The number of benzene rings is 1. The highest BCUT2D eigenvalue weighted by atomic mass is 16.5. The van der Waals surface area contributed by atoms with Gasteiger partial charge in [-0.2, -0.15) is 5.26 Å². The molecule has 0 bridgehead atoms. The molecule has 1 aromatic rings. The molecule has 1 aromatic carbocycles. The number of carbonyl (C=O) groups excluding carboxylic acids is 1. The van der Waals surface area contributed by atoms with E-state index in [2.05, 4.69) is 6.58 Å². The van der Waals surface area contributed by atoms with Gasteiger partial charge in [0.2, 0.25) is 0 Å². The summed E-state index contributed by atoms with van der Waals surface area (Å²) in [5, 5.41) is 9.22. The molecule has 21 heavy (non-hydrogen) atoms. The zero-order valence-electron chi connectivity index (χ0n) is 11.9. The Hall–Kier alpha value is -2.54. The van der Waals surface area contributed by atoms with Crippen LogP contribution in [0.2, 0.25) is 0 Å². The third-order valence-electron chi connectivity index (χ3n) is 3.28. The Morgan fingerprint density at radius 2 is 2.19 bits per heavy atom. The van der Waals surface area contributed by atoms with Gasteiger partial charge < -0.3 is 9.64 Å². The van der Waals surface area contributed by atoms with Crippen LogP contribution in [-0.4, -0.2) is 30.5 Å². The highest BCUT2D eigenvalue weighted by Crippen LogP contribution is 2.18. The second kappa shape index (κ2) is 7.30. The molecule has 1 amide bonds. The predicted octanol–water partition coefficient (Wildman–Crippen LogP) is 2.78.